The SMILES string of the molecule is NC(=O)C1CCN(C(=O)COC(=O)c2ccccc2)CC1. The standard InChI is InChI=1S/C15H18N2O4/c16-14(19)11-6-8-17(9-7-11)13(18)10-21-15(20)12-4-2-1-3-5-12/h1-5,11H,6-10H2,(H2,16,19). The Morgan fingerprint density at radius 2 is 1.76 bits per heavy atom. The van der Waals surface area contributed by atoms with Crippen LogP contribution >= 0.6 is 0 Å². The van der Waals surface area contributed by atoms with Crippen molar-refractivity contribution in [3.8, 4) is 0 Å². The molecule has 0 radical (unpaired) electrons. The number of carbonyl (C=O) groups is 3. The summed E-state index contributed by atoms with van der Waals surface area (Å²) in [4.78, 5) is 36.3. The largest absolute Gasteiger partial charge is 0.452 e. The summed E-state index contributed by atoms with van der Waals surface area (Å²) in [6.07, 6.45) is 1.13. The minimum absolute atomic E-state index is 0.166. The summed E-state index contributed by atoms with van der Waals surface area (Å²) in [6, 6.07) is 8.52. The molecule has 1 aliphatic heterocycles. The Balaban J connectivity index is 1.78. The van der Waals surface area contributed by atoms with E-state index in [0.29, 0.717) is 31.5 Å². The molecule has 6 nitrogen and oxygen atoms in total. The number of benzene rings is 1. The van der Waals surface area contributed by atoms with Crippen molar-refractivity contribution in [1.29, 1.82) is 0 Å². The van der Waals surface area contributed by atoms with Gasteiger partial charge in [0.25, 0.3) is 5.91 Å². The maximum absolute atomic E-state index is 11.9. The van der Waals surface area contributed by atoms with Crippen molar-refractivity contribution in [3.05, 3.63) is 35.9 Å². The zero-order chi connectivity index (χ0) is 15.2. The fourth-order valence-corrected chi connectivity index (χ4v) is 2.29. The van der Waals surface area contributed by atoms with Crippen LogP contribution in [0.25, 0.3) is 0 Å². The Morgan fingerprint density at radius 1 is 1.14 bits per heavy atom. The van der Waals surface area contributed by atoms with E-state index < -0.39 is 5.97 Å². The average molecular weight is 290 g/mol. The molecule has 0 aromatic heterocycles. The highest BCUT2D eigenvalue weighted by atomic mass is 16.5. The minimum Gasteiger partial charge on any atom is -0.452 e. The highest BCUT2D eigenvalue weighted by Crippen LogP contribution is 2.16. The first kappa shape index (κ1) is 15.0. The van der Waals surface area contributed by atoms with Crippen LogP contribution in [0, 0.1) is 5.92 Å². The molecule has 112 valence electrons. The number of ether oxygens (including phenoxy) is 1. The fraction of sp³-hybridized carbons (Fsp3) is 0.400. The number of likely N-dealkylation sites (tertiary alicyclic amines) is 1. The number of nitrogens with two attached hydrogens (primary N) is 1. The van der Waals surface area contributed by atoms with Gasteiger partial charge in [-0.1, -0.05) is 18.2 Å². The smallest absolute Gasteiger partial charge is 0.338 e. The third kappa shape index (κ3) is 4.05. The number of hydrogen-bond acceptors (Lipinski definition) is 4. The van der Waals surface area contributed by atoms with Crippen LogP contribution in [-0.2, 0) is 14.3 Å². The van der Waals surface area contributed by atoms with Gasteiger partial charge < -0.3 is 15.4 Å². The highest BCUT2D eigenvalue weighted by molar-refractivity contribution is 5.91. The van der Waals surface area contributed by atoms with Crippen molar-refractivity contribution in [3.63, 3.8) is 0 Å². The summed E-state index contributed by atoms with van der Waals surface area (Å²) in [5.41, 5.74) is 5.65. The van der Waals surface area contributed by atoms with E-state index in [4.69, 9.17) is 10.5 Å². The second kappa shape index (κ2) is 6.88. The molecule has 1 saturated heterocycles. The van der Waals surface area contributed by atoms with E-state index in [0.717, 1.165) is 0 Å². The molecule has 1 fully saturated rings. The second-order valence-corrected chi connectivity index (χ2v) is 5.00. The van der Waals surface area contributed by atoms with Gasteiger partial charge in [-0.2, -0.15) is 0 Å². The molecule has 2 N–H and O–H groups in total. The molecule has 2 amide bonds. The fourth-order valence-electron chi connectivity index (χ4n) is 2.29. The Kier molecular flexibility index (Phi) is 4.92. The van der Waals surface area contributed by atoms with Crippen molar-refractivity contribution in [2.24, 2.45) is 11.7 Å². The first-order valence-corrected chi connectivity index (χ1v) is 6.87. The van der Waals surface area contributed by atoms with Crippen LogP contribution in [0.3, 0.4) is 0 Å². The number of carbonyl (C=O) groups excluding carboxylic acids is 3. The Morgan fingerprint density at radius 3 is 2.33 bits per heavy atom. The van der Waals surface area contributed by atoms with Crippen LogP contribution in [0.1, 0.15) is 23.2 Å². The van der Waals surface area contributed by atoms with Gasteiger partial charge in [0.2, 0.25) is 5.91 Å². The Labute approximate surface area is 122 Å². The summed E-state index contributed by atoms with van der Waals surface area (Å²) >= 11 is 0. The highest BCUT2D eigenvalue weighted by Gasteiger charge is 2.26. The summed E-state index contributed by atoms with van der Waals surface area (Å²) in [5, 5.41) is 0. The first-order valence-electron chi connectivity index (χ1n) is 6.87. The van der Waals surface area contributed by atoms with Gasteiger partial charge in [-0.3, -0.25) is 9.59 Å². The molecule has 1 aromatic carbocycles. The number of esters is 1. The van der Waals surface area contributed by atoms with E-state index in [1.54, 1.807) is 35.2 Å². The predicted octanol–water partition coefficient (Wildman–Crippen LogP) is 0.567. The van der Waals surface area contributed by atoms with Crippen LogP contribution < -0.4 is 5.73 Å². The van der Waals surface area contributed by atoms with Crippen molar-refractivity contribution in [2.45, 2.75) is 12.8 Å². The van der Waals surface area contributed by atoms with Crippen LogP contribution in [0.2, 0.25) is 0 Å². The lowest BCUT2D eigenvalue weighted by Crippen LogP contribution is -2.43. The maximum atomic E-state index is 11.9. The molecule has 0 bridgehead atoms. The van der Waals surface area contributed by atoms with Crippen LogP contribution in [0.4, 0.5) is 0 Å². The van der Waals surface area contributed by atoms with Gasteiger partial charge in [-0.25, -0.2) is 4.79 Å². The molecular weight excluding hydrogens is 272 g/mol. The van der Waals surface area contributed by atoms with Gasteiger partial charge in [-0.15, -0.1) is 0 Å². The van der Waals surface area contributed by atoms with E-state index in [1.165, 1.54) is 0 Å². The van der Waals surface area contributed by atoms with E-state index >= 15 is 0 Å². The Hall–Kier alpha value is -2.37. The molecule has 1 heterocycles. The van der Waals surface area contributed by atoms with Gasteiger partial charge in [0, 0.05) is 19.0 Å². The van der Waals surface area contributed by atoms with Crippen LogP contribution in [0.5, 0.6) is 0 Å². The van der Waals surface area contributed by atoms with Crippen LogP contribution in [-0.4, -0.2) is 42.4 Å². The van der Waals surface area contributed by atoms with E-state index in [1.807, 2.05) is 0 Å². The van der Waals surface area contributed by atoms with Crippen LogP contribution in [0.15, 0.2) is 30.3 Å². The average Bonchev–Trinajstić information content (AvgIpc) is 2.53. The number of piperidine rings is 1. The van der Waals surface area contributed by atoms with E-state index in [-0.39, 0.29) is 24.3 Å². The topological polar surface area (TPSA) is 89.7 Å². The lowest BCUT2D eigenvalue weighted by molar-refractivity contribution is -0.137. The van der Waals surface area contributed by atoms with Crippen molar-refractivity contribution in [2.75, 3.05) is 19.7 Å². The molecule has 6 heteroatoms. The molecule has 1 aliphatic rings. The van der Waals surface area contributed by atoms with Gasteiger partial charge in [0.1, 0.15) is 0 Å². The van der Waals surface area contributed by atoms with Gasteiger partial charge in [0.15, 0.2) is 6.61 Å². The normalized spacial score (nSPS) is 15.5. The number of primary amides is 1. The molecule has 1 aromatic rings. The summed E-state index contributed by atoms with van der Waals surface area (Å²) in [6.45, 7) is 0.652. The molecule has 0 spiro atoms. The summed E-state index contributed by atoms with van der Waals surface area (Å²) in [7, 11) is 0. The first-order chi connectivity index (χ1) is 10.1. The molecule has 0 atom stereocenters. The molecule has 2 rings (SSSR count). The quantitative estimate of drug-likeness (QED) is 0.821. The number of rotatable bonds is 4. The third-order valence-electron chi connectivity index (χ3n) is 3.59. The lowest BCUT2D eigenvalue weighted by atomic mass is 9.96. The monoisotopic (exact) mass is 290 g/mol. The Bertz CT molecular complexity index is 522. The summed E-state index contributed by atoms with van der Waals surface area (Å²) in [5.74, 6) is -1.25. The zero-order valence-corrected chi connectivity index (χ0v) is 11.7. The van der Waals surface area contributed by atoms with Gasteiger partial charge in [0.05, 0.1) is 5.56 Å². The zero-order valence-electron chi connectivity index (χ0n) is 11.7. The third-order valence-corrected chi connectivity index (χ3v) is 3.59. The molecule has 21 heavy (non-hydrogen) atoms. The van der Waals surface area contributed by atoms with E-state index in [9.17, 15) is 14.4 Å². The lowest BCUT2D eigenvalue weighted by Gasteiger charge is -2.30. The van der Waals surface area contributed by atoms with Crippen molar-refractivity contribution in [1.82, 2.24) is 4.90 Å². The van der Waals surface area contributed by atoms with Gasteiger partial charge in [-0.05, 0) is 25.0 Å². The molecule has 0 aliphatic carbocycles. The molecule has 0 unspecified atom stereocenters. The number of amides is 2. The second-order valence-electron chi connectivity index (χ2n) is 5.00. The molecule has 0 saturated carbocycles. The number of hydrogen-bond donors (Lipinski definition) is 1. The van der Waals surface area contributed by atoms with E-state index in [2.05, 4.69) is 0 Å². The van der Waals surface area contributed by atoms with Crippen molar-refractivity contribution < 1.29 is 19.1 Å². The number of nitrogens with zero attached hydrogens (tertiary/aromatic N) is 1. The molecular formula is C15H18N2O4. The maximum Gasteiger partial charge on any atom is 0.338 e. The van der Waals surface area contributed by atoms with Crippen molar-refractivity contribution >= 4 is 17.8 Å². The minimum atomic E-state index is -0.518. The van der Waals surface area contributed by atoms with Gasteiger partial charge >= 0.3 is 5.97 Å². The predicted molar refractivity (Wildman–Crippen MR) is 75.2 cm³/mol. The summed E-state index contributed by atoms with van der Waals surface area (Å²) < 4.78 is 5.00.